The predicted molar refractivity (Wildman–Crippen MR) is 92.5 cm³/mol. The lowest BCUT2D eigenvalue weighted by atomic mass is 10.2. The Labute approximate surface area is 146 Å². The van der Waals surface area contributed by atoms with Crippen molar-refractivity contribution in [3.05, 3.63) is 59.9 Å². The minimum atomic E-state index is -3.95. The monoisotopic (exact) mass is 366 g/mol. The Morgan fingerprint density at radius 3 is 2.40 bits per heavy atom. The number of halogens is 1. The van der Waals surface area contributed by atoms with Crippen LogP contribution in [0, 0.1) is 5.82 Å². The third-order valence-corrected chi connectivity index (χ3v) is 4.72. The number of anilines is 1. The third-order valence-electron chi connectivity index (χ3n) is 3.34. The van der Waals surface area contributed by atoms with Crippen LogP contribution >= 0.6 is 0 Å². The number of para-hydroxylation sites is 1. The van der Waals surface area contributed by atoms with Crippen LogP contribution in [0.1, 0.15) is 17.3 Å². The Morgan fingerprint density at radius 2 is 1.80 bits per heavy atom. The van der Waals surface area contributed by atoms with Gasteiger partial charge in [-0.2, -0.15) is 0 Å². The van der Waals surface area contributed by atoms with Gasteiger partial charge in [0.2, 0.25) is 0 Å². The summed E-state index contributed by atoms with van der Waals surface area (Å²) >= 11 is 0. The summed E-state index contributed by atoms with van der Waals surface area (Å²) in [5.41, 5.74) is 0.172. The molecule has 1 atom stereocenters. The Morgan fingerprint density at radius 1 is 1.16 bits per heavy atom. The molecular formula is C17H19FN2O4S. The molecule has 0 aliphatic rings. The van der Waals surface area contributed by atoms with Crippen LogP contribution in [0.25, 0.3) is 0 Å². The van der Waals surface area contributed by atoms with Gasteiger partial charge in [-0.1, -0.05) is 12.1 Å². The summed E-state index contributed by atoms with van der Waals surface area (Å²) in [4.78, 5) is 12.0. The molecule has 0 radical (unpaired) electrons. The van der Waals surface area contributed by atoms with Crippen LogP contribution in [0.2, 0.25) is 0 Å². The minimum Gasteiger partial charge on any atom is -0.383 e. The molecule has 0 saturated carbocycles. The molecule has 2 aromatic carbocycles. The highest BCUT2D eigenvalue weighted by Crippen LogP contribution is 2.19. The maximum Gasteiger partial charge on any atom is 0.261 e. The highest BCUT2D eigenvalue weighted by molar-refractivity contribution is 7.92. The van der Waals surface area contributed by atoms with E-state index in [4.69, 9.17) is 4.74 Å². The standard InChI is InChI=1S/C17H19FN2O4S/c1-12(11-24-2)19-17(21)13-7-9-14(10-8-13)25(22,23)20-16-6-4-3-5-15(16)18/h3-10,12,20H,11H2,1-2H3,(H,19,21). The van der Waals surface area contributed by atoms with Crippen molar-refractivity contribution in [2.75, 3.05) is 18.4 Å². The van der Waals surface area contributed by atoms with E-state index in [2.05, 4.69) is 10.0 Å². The van der Waals surface area contributed by atoms with Crippen LogP contribution in [-0.4, -0.2) is 34.1 Å². The zero-order valence-corrected chi connectivity index (χ0v) is 14.6. The van der Waals surface area contributed by atoms with E-state index in [1.165, 1.54) is 49.6 Å². The van der Waals surface area contributed by atoms with Gasteiger partial charge < -0.3 is 10.1 Å². The summed E-state index contributed by atoms with van der Waals surface area (Å²) in [5, 5.41) is 2.72. The topological polar surface area (TPSA) is 84.5 Å². The molecule has 1 unspecified atom stereocenters. The van der Waals surface area contributed by atoms with Gasteiger partial charge in [0.15, 0.2) is 0 Å². The van der Waals surface area contributed by atoms with Crippen LogP contribution in [0.5, 0.6) is 0 Å². The molecule has 2 N–H and O–H groups in total. The number of sulfonamides is 1. The molecule has 25 heavy (non-hydrogen) atoms. The molecule has 1 amide bonds. The fourth-order valence-corrected chi connectivity index (χ4v) is 3.20. The normalized spacial score (nSPS) is 12.4. The average Bonchev–Trinajstić information content (AvgIpc) is 2.57. The molecule has 6 nitrogen and oxygen atoms in total. The maximum absolute atomic E-state index is 13.6. The lowest BCUT2D eigenvalue weighted by Gasteiger charge is -2.13. The fraction of sp³-hybridized carbons (Fsp3) is 0.235. The molecule has 0 bridgehead atoms. The number of nitrogens with one attached hydrogen (secondary N) is 2. The predicted octanol–water partition coefficient (Wildman–Crippen LogP) is 2.39. The van der Waals surface area contributed by atoms with Gasteiger partial charge in [0.25, 0.3) is 15.9 Å². The van der Waals surface area contributed by atoms with Crippen molar-refractivity contribution in [3.8, 4) is 0 Å². The summed E-state index contributed by atoms with van der Waals surface area (Å²) in [7, 11) is -2.42. The van der Waals surface area contributed by atoms with Gasteiger partial charge >= 0.3 is 0 Å². The van der Waals surface area contributed by atoms with Gasteiger partial charge in [-0.3, -0.25) is 9.52 Å². The summed E-state index contributed by atoms with van der Waals surface area (Å²) in [6, 6.07) is 10.7. The van der Waals surface area contributed by atoms with E-state index in [-0.39, 0.29) is 22.5 Å². The second kappa shape index (κ2) is 8.09. The maximum atomic E-state index is 13.6. The first-order chi connectivity index (χ1) is 11.8. The SMILES string of the molecule is COCC(C)NC(=O)c1ccc(S(=O)(=O)Nc2ccccc2F)cc1. The molecule has 0 aliphatic heterocycles. The van der Waals surface area contributed by atoms with Crippen molar-refractivity contribution in [1.29, 1.82) is 0 Å². The minimum absolute atomic E-state index is 0.0720. The molecule has 134 valence electrons. The van der Waals surface area contributed by atoms with Crippen LogP contribution in [0.3, 0.4) is 0 Å². The summed E-state index contributed by atoms with van der Waals surface area (Å²) < 4.78 is 45.3. The van der Waals surface area contributed by atoms with Crippen molar-refractivity contribution in [1.82, 2.24) is 5.32 Å². The Kier molecular flexibility index (Phi) is 6.11. The van der Waals surface area contributed by atoms with Crippen molar-refractivity contribution in [3.63, 3.8) is 0 Å². The average molecular weight is 366 g/mol. The first kappa shape index (κ1) is 18.9. The molecule has 0 heterocycles. The second-order valence-electron chi connectivity index (χ2n) is 5.44. The molecule has 0 spiro atoms. The highest BCUT2D eigenvalue weighted by Gasteiger charge is 2.17. The van der Waals surface area contributed by atoms with Gasteiger partial charge in [0.1, 0.15) is 5.82 Å². The Balaban J connectivity index is 2.13. The van der Waals surface area contributed by atoms with E-state index in [0.717, 1.165) is 6.07 Å². The van der Waals surface area contributed by atoms with Gasteiger partial charge in [-0.25, -0.2) is 12.8 Å². The smallest absolute Gasteiger partial charge is 0.261 e. The van der Waals surface area contributed by atoms with Crippen molar-refractivity contribution in [2.24, 2.45) is 0 Å². The highest BCUT2D eigenvalue weighted by atomic mass is 32.2. The molecule has 0 aliphatic carbocycles. The Bertz CT molecular complexity index is 838. The van der Waals surface area contributed by atoms with Gasteiger partial charge in [-0.05, 0) is 43.3 Å². The number of amides is 1. The number of carbonyl (C=O) groups excluding carboxylic acids is 1. The largest absolute Gasteiger partial charge is 0.383 e. The van der Waals surface area contributed by atoms with E-state index in [1.807, 2.05) is 0 Å². The van der Waals surface area contributed by atoms with Gasteiger partial charge in [0, 0.05) is 18.7 Å². The van der Waals surface area contributed by atoms with Crippen molar-refractivity contribution >= 4 is 21.6 Å². The molecule has 0 fully saturated rings. The molecule has 8 heteroatoms. The van der Waals surface area contributed by atoms with E-state index >= 15 is 0 Å². The number of methoxy groups -OCH3 is 1. The van der Waals surface area contributed by atoms with E-state index in [9.17, 15) is 17.6 Å². The van der Waals surface area contributed by atoms with Crippen LogP contribution in [0.15, 0.2) is 53.4 Å². The van der Waals surface area contributed by atoms with E-state index < -0.39 is 15.8 Å². The number of ether oxygens (including phenoxy) is 1. The zero-order chi connectivity index (χ0) is 18.4. The number of benzene rings is 2. The molecule has 0 saturated heterocycles. The van der Waals surface area contributed by atoms with Crippen LogP contribution in [0.4, 0.5) is 10.1 Å². The summed E-state index contributed by atoms with van der Waals surface area (Å²) in [5.74, 6) is -1.01. The lowest BCUT2D eigenvalue weighted by molar-refractivity contribution is 0.0905. The number of carbonyl (C=O) groups is 1. The lowest BCUT2D eigenvalue weighted by Crippen LogP contribution is -2.35. The molecule has 2 rings (SSSR count). The number of hydrogen-bond acceptors (Lipinski definition) is 4. The van der Waals surface area contributed by atoms with Crippen molar-refractivity contribution < 1.29 is 22.3 Å². The summed E-state index contributed by atoms with van der Waals surface area (Å²) in [6.07, 6.45) is 0. The first-order valence-corrected chi connectivity index (χ1v) is 8.99. The fourth-order valence-electron chi connectivity index (χ4n) is 2.13. The van der Waals surface area contributed by atoms with Crippen molar-refractivity contribution in [2.45, 2.75) is 17.9 Å². The van der Waals surface area contributed by atoms with Crippen LogP contribution < -0.4 is 10.0 Å². The van der Waals surface area contributed by atoms with E-state index in [1.54, 1.807) is 6.92 Å². The number of rotatable bonds is 7. The molecule has 2 aromatic rings. The summed E-state index contributed by atoms with van der Waals surface area (Å²) in [6.45, 7) is 2.16. The second-order valence-corrected chi connectivity index (χ2v) is 7.12. The van der Waals surface area contributed by atoms with Crippen LogP contribution in [-0.2, 0) is 14.8 Å². The molecular weight excluding hydrogens is 347 g/mol. The number of hydrogen-bond donors (Lipinski definition) is 2. The van der Waals surface area contributed by atoms with E-state index in [0.29, 0.717) is 12.2 Å². The van der Waals surface area contributed by atoms with Gasteiger partial charge in [-0.15, -0.1) is 0 Å². The first-order valence-electron chi connectivity index (χ1n) is 7.50. The molecule has 0 aromatic heterocycles. The zero-order valence-electron chi connectivity index (χ0n) is 13.8. The Hall–Kier alpha value is -2.45. The van der Waals surface area contributed by atoms with Gasteiger partial charge in [0.05, 0.1) is 17.2 Å². The quantitative estimate of drug-likeness (QED) is 0.788. The third kappa shape index (κ3) is 5.01.